The van der Waals surface area contributed by atoms with Gasteiger partial charge in [0.25, 0.3) is 0 Å². The zero-order valence-corrected chi connectivity index (χ0v) is 19.7. The maximum absolute atomic E-state index is 15.3. The topological polar surface area (TPSA) is 88.4 Å². The van der Waals surface area contributed by atoms with Gasteiger partial charge in [0, 0.05) is 12.7 Å². The molecule has 1 fully saturated rings. The van der Waals surface area contributed by atoms with Crippen LogP contribution in [0, 0.1) is 6.92 Å². The maximum atomic E-state index is 15.3. The van der Waals surface area contributed by atoms with E-state index in [1.165, 1.54) is 13.4 Å². The summed E-state index contributed by atoms with van der Waals surface area (Å²) in [4.78, 5) is 25.5. The van der Waals surface area contributed by atoms with E-state index >= 15 is 4.39 Å². The fourth-order valence-electron chi connectivity index (χ4n) is 4.11. The van der Waals surface area contributed by atoms with Crippen LogP contribution in [0.2, 0.25) is 5.28 Å². The van der Waals surface area contributed by atoms with E-state index in [-0.39, 0.29) is 11.9 Å². The summed E-state index contributed by atoms with van der Waals surface area (Å²) in [5, 5.41) is 0.0189. The lowest BCUT2D eigenvalue weighted by Crippen LogP contribution is -2.32. The number of fused-ring (bicyclic) bond motifs is 1. The highest BCUT2D eigenvalue weighted by atomic mass is 35.5. The van der Waals surface area contributed by atoms with E-state index in [0.717, 1.165) is 11.1 Å². The van der Waals surface area contributed by atoms with Gasteiger partial charge in [-0.15, -0.1) is 0 Å². The molecule has 1 aliphatic heterocycles. The lowest BCUT2D eigenvalue weighted by Gasteiger charge is -2.19. The summed E-state index contributed by atoms with van der Waals surface area (Å²) < 4.78 is 33.6. The number of aromatic nitrogens is 4. The lowest BCUT2D eigenvalue weighted by atomic mass is 10.1. The van der Waals surface area contributed by atoms with Crippen LogP contribution in [0.4, 0.5) is 4.39 Å². The Labute approximate surface area is 205 Å². The van der Waals surface area contributed by atoms with E-state index in [1.807, 2.05) is 37.3 Å². The van der Waals surface area contributed by atoms with Gasteiger partial charge in [0.2, 0.25) is 5.28 Å². The van der Waals surface area contributed by atoms with Gasteiger partial charge in [0.05, 0.1) is 11.9 Å². The molecule has 0 N–H and O–H groups in total. The number of halogens is 2. The molecule has 5 rings (SSSR count). The molecule has 0 aliphatic carbocycles. The van der Waals surface area contributed by atoms with E-state index in [1.54, 1.807) is 28.8 Å². The SMILES string of the molecule is CO[C@@H]1[C@H](F)[C@@H](COC(=O)c2ccc(C)cc2)O[C@H]1n1cnc2c(-c3ccccc3)nc(Cl)nc21. The second kappa shape index (κ2) is 9.69. The minimum atomic E-state index is -1.56. The molecule has 0 spiro atoms. The first-order chi connectivity index (χ1) is 17.0. The van der Waals surface area contributed by atoms with E-state index in [9.17, 15) is 4.79 Å². The van der Waals surface area contributed by atoms with Gasteiger partial charge in [-0.25, -0.2) is 19.2 Å². The Kier molecular flexibility index (Phi) is 6.46. The van der Waals surface area contributed by atoms with Crippen molar-refractivity contribution in [3.8, 4) is 11.3 Å². The van der Waals surface area contributed by atoms with Gasteiger partial charge in [0.15, 0.2) is 18.0 Å². The van der Waals surface area contributed by atoms with Gasteiger partial charge in [-0.3, -0.25) is 4.57 Å². The number of aryl methyl sites for hydroxylation is 1. The summed E-state index contributed by atoms with van der Waals surface area (Å²) in [5.41, 5.74) is 3.62. The van der Waals surface area contributed by atoms with E-state index in [2.05, 4.69) is 15.0 Å². The molecule has 180 valence electrons. The summed E-state index contributed by atoms with van der Waals surface area (Å²) in [6, 6.07) is 16.4. The Morgan fingerprint density at radius 2 is 1.89 bits per heavy atom. The molecule has 4 atom stereocenters. The second-order valence-corrected chi connectivity index (χ2v) is 8.54. The van der Waals surface area contributed by atoms with Gasteiger partial charge >= 0.3 is 5.97 Å². The Morgan fingerprint density at radius 3 is 2.60 bits per heavy atom. The first kappa shape index (κ1) is 23.3. The highest BCUT2D eigenvalue weighted by molar-refractivity contribution is 6.28. The third-order valence-electron chi connectivity index (χ3n) is 5.92. The number of imidazole rings is 1. The predicted octanol–water partition coefficient (Wildman–Crippen LogP) is 4.56. The smallest absolute Gasteiger partial charge is 0.338 e. The number of carbonyl (C=O) groups is 1. The normalized spacial score (nSPS) is 21.9. The van der Waals surface area contributed by atoms with Crippen molar-refractivity contribution in [3.63, 3.8) is 0 Å². The summed E-state index contributed by atoms with van der Waals surface area (Å²) in [7, 11) is 1.39. The monoisotopic (exact) mass is 496 g/mol. The van der Waals surface area contributed by atoms with Crippen molar-refractivity contribution < 1.29 is 23.4 Å². The zero-order valence-electron chi connectivity index (χ0n) is 19.0. The molecule has 0 amide bonds. The van der Waals surface area contributed by atoms with Crippen LogP contribution in [0.5, 0.6) is 0 Å². The molecule has 0 unspecified atom stereocenters. The molecule has 0 bridgehead atoms. The van der Waals surface area contributed by atoms with Gasteiger partial charge in [-0.05, 0) is 30.7 Å². The standard InChI is InChI=1S/C25H22ClFN4O4/c1-14-8-10-16(11-9-14)24(32)34-12-17-18(27)21(33-2)23(35-17)31-13-28-20-19(15-6-4-3-5-7-15)29-25(26)30-22(20)31/h3-11,13,17-18,21,23H,12H2,1-2H3/t17-,18-,21-,23-/m1/s1. The van der Waals surface area contributed by atoms with Crippen LogP contribution < -0.4 is 0 Å². The van der Waals surface area contributed by atoms with Crippen LogP contribution in [0.1, 0.15) is 22.1 Å². The summed E-state index contributed by atoms with van der Waals surface area (Å²) in [6.07, 6.45) is -2.99. The van der Waals surface area contributed by atoms with Gasteiger partial charge < -0.3 is 14.2 Å². The van der Waals surface area contributed by atoms with Crippen LogP contribution in [0.25, 0.3) is 22.4 Å². The molecule has 8 nitrogen and oxygen atoms in total. The van der Waals surface area contributed by atoms with E-state index in [4.69, 9.17) is 25.8 Å². The fraction of sp³-hybridized carbons (Fsp3) is 0.280. The molecule has 0 radical (unpaired) electrons. The second-order valence-electron chi connectivity index (χ2n) is 8.21. The van der Waals surface area contributed by atoms with Crippen LogP contribution in [-0.2, 0) is 14.2 Å². The number of alkyl halides is 1. The average Bonchev–Trinajstić information content (AvgIpc) is 3.43. The molecule has 1 aliphatic rings. The third kappa shape index (κ3) is 4.50. The van der Waals surface area contributed by atoms with Crippen molar-refractivity contribution in [3.05, 3.63) is 77.3 Å². The molecule has 2 aromatic carbocycles. The number of ether oxygens (including phenoxy) is 3. The number of esters is 1. The average molecular weight is 497 g/mol. The van der Waals surface area contributed by atoms with Crippen LogP contribution in [-0.4, -0.2) is 57.6 Å². The van der Waals surface area contributed by atoms with Crippen LogP contribution >= 0.6 is 11.6 Å². The third-order valence-corrected chi connectivity index (χ3v) is 6.09. The minimum Gasteiger partial charge on any atom is -0.459 e. The molecule has 3 heterocycles. The molecular weight excluding hydrogens is 475 g/mol. The largest absolute Gasteiger partial charge is 0.459 e. The zero-order chi connectivity index (χ0) is 24.5. The summed E-state index contributed by atoms with van der Waals surface area (Å²) >= 11 is 6.22. The minimum absolute atomic E-state index is 0.0189. The summed E-state index contributed by atoms with van der Waals surface area (Å²) in [5.74, 6) is -0.557. The number of methoxy groups -OCH3 is 1. The van der Waals surface area contributed by atoms with Crippen LogP contribution in [0.15, 0.2) is 60.9 Å². The highest BCUT2D eigenvalue weighted by Gasteiger charge is 2.47. The quantitative estimate of drug-likeness (QED) is 0.285. The molecule has 2 aromatic heterocycles. The number of benzene rings is 2. The number of rotatable bonds is 6. The summed E-state index contributed by atoms with van der Waals surface area (Å²) in [6.45, 7) is 1.64. The van der Waals surface area contributed by atoms with Gasteiger partial charge in [-0.1, -0.05) is 48.0 Å². The molecule has 1 saturated heterocycles. The Balaban J connectivity index is 1.40. The fourth-order valence-corrected chi connectivity index (χ4v) is 4.27. The number of carbonyl (C=O) groups excluding carboxylic acids is 1. The Morgan fingerprint density at radius 1 is 1.14 bits per heavy atom. The molecule has 35 heavy (non-hydrogen) atoms. The highest BCUT2D eigenvalue weighted by Crippen LogP contribution is 2.36. The maximum Gasteiger partial charge on any atom is 0.338 e. The first-order valence-corrected chi connectivity index (χ1v) is 11.4. The van der Waals surface area contributed by atoms with Crippen molar-refractivity contribution in [2.45, 2.75) is 31.5 Å². The number of hydrogen-bond acceptors (Lipinski definition) is 7. The van der Waals surface area contributed by atoms with Crippen molar-refractivity contribution in [1.29, 1.82) is 0 Å². The molecule has 10 heteroatoms. The van der Waals surface area contributed by atoms with Crippen LogP contribution in [0.3, 0.4) is 0 Å². The van der Waals surface area contributed by atoms with E-state index < -0.39 is 30.6 Å². The predicted molar refractivity (Wildman–Crippen MR) is 127 cm³/mol. The first-order valence-electron chi connectivity index (χ1n) is 11.0. The molecular formula is C25H22ClFN4O4. The van der Waals surface area contributed by atoms with Crippen molar-refractivity contribution in [2.24, 2.45) is 0 Å². The van der Waals surface area contributed by atoms with Crippen molar-refractivity contribution >= 4 is 28.7 Å². The molecule has 0 saturated carbocycles. The van der Waals surface area contributed by atoms with Crippen molar-refractivity contribution in [1.82, 2.24) is 19.5 Å². The Hall–Kier alpha value is -3.40. The van der Waals surface area contributed by atoms with Gasteiger partial charge in [0.1, 0.15) is 30.0 Å². The lowest BCUT2D eigenvalue weighted by molar-refractivity contribution is -0.0616. The van der Waals surface area contributed by atoms with Crippen molar-refractivity contribution in [2.75, 3.05) is 13.7 Å². The van der Waals surface area contributed by atoms with Gasteiger partial charge in [-0.2, -0.15) is 4.98 Å². The molecule has 4 aromatic rings. The Bertz CT molecular complexity index is 1350. The number of nitrogens with zero attached hydrogens (tertiary/aromatic N) is 4. The van der Waals surface area contributed by atoms with E-state index in [0.29, 0.717) is 22.4 Å². The number of hydrogen-bond donors (Lipinski definition) is 0.